The van der Waals surface area contributed by atoms with E-state index in [0.29, 0.717) is 13.2 Å². The fourth-order valence-corrected chi connectivity index (χ4v) is 1.14. The molecular formula is C18H28O8. The van der Waals surface area contributed by atoms with Crippen LogP contribution in [0, 0.1) is 0 Å². The fraction of sp³-hybridized carbons (Fsp3) is 0.556. The molecule has 148 valence electrons. The fourth-order valence-electron chi connectivity index (χ4n) is 1.14. The molecule has 0 rings (SSSR count). The molecule has 26 heavy (non-hydrogen) atoms. The maximum absolute atomic E-state index is 11.0. The third kappa shape index (κ3) is 19.4. The summed E-state index contributed by atoms with van der Waals surface area (Å²) in [5.74, 6) is -2.16. The van der Waals surface area contributed by atoms with Crippen molar-refractivity contribution in [1.29, 1.82) is 0 Å². The number of carbonyl (C=O) groups is 4. The van der Waals surface area contributed by atoms with E-state index in [-0.39, 0.29) is 0 Å². The van der Waals surface area contributed by atoms with E-state index in [0.717, 1.165) is 50.0 Å². The van der Waals surface area contributed by atoms with Gasteiger partial charge >= 0.3 is 23.9 Å². The van der Waals surface area contributed by atoms with Crippen LogP contribution >= 0.6 is 0 Å². The van der Waals surface area contributed by atoms with Crippen LogP contribution in [0.15, 0.2) is 24.3 Å². The Hall–Kier alpha value is -2.64. The summed E-state index contributed by atoms with van der Waals surface area (Å²) >= 11 is 0. The molecule has 0 atom stereocenters. The molecule has 0 aromatic heterocycles. The zero-order valence-electron chi connectivity index (χ0n) is 15.8. The highest BCUT2D eigenvalue weighted by molar-refractivity contribution is 5.92. The molecule has 0 radical (unpaired) electrons. The third-order valence-electron chi connectivity index (χ3n) is 2.60. The van der Waals surface area contributed by atoms with E-state index in [1.807, 2.05) is 13.8 Å². The van der Waals surface area contributed by atoms with Gasteiger partial charge in [0.2, 0.25) is 0 Å². The Balaban J connectivity index is 0. The predicted octanol–water partition coefficient (Wildman–Crippen LogP) is 2.12. The van der Waals surface area contributed by atoms with Gasteiger partial charge in [-0.1, -0.05) is 26.7 Å². The molecule has 0 aliphatic rings. The average Bonchev–Trinajstić information content (AvgIpc) is 2.65. The molecule has 0 saturated carbocycles. The van der Waals surface area contributed by atoms with Crippen molar-refractivity contribution in [3.8, 4) is 0 Å². The van der Waals surface area contributed by atoms with Gasteiger partial charge in [0.05, 0.1) is 27.4 Å². The third-order valence-corrected chi connectivity index (χ3v) is 2.60. The summed E-state index contributed by atoms with van der Waals surface area (Å²) in [4.78, 5) is 42.7. The Morgan fingerprint density at radius 1 is 0.615 bits per heavy atom. The molecule has 0 saturated heterocycles. The Kier molecular flexibility index (Phi) is 18.4. The SMILES string of the molecule is CCCCOC(=O)/C=C\C(=O)OCCCC.COC(=O)/C=C/C(=O)OC. The minimum atomic E-state index is -0.578. The largest absolute Gasteiger partial charge is 0.466 e. The smallest absolute Gasteiger partial charge is 0.331 e. The van der Waals surface area contributed by atoms with Gasteiger partial charge in [-0.2, -0.15) is 0 Å². The Morgan fingerprint density at radius 2 is 0.923 bits per heavy atom. The molecular weight excluding hydrogens is 344 g/mol. The lowest BCUT2D eigenvalue weighted by Gasteiger charge is -2.00. The second-order valence-corrected chi connectivity index (χ2v) is 4.76. The van der Waals surface area contributed by atoms with Crippen LogP contribution < -0.4 is 0 Å². The summed E-state index contributed by atoms with van der Waals surface area (Å²) in [7, 11) is 2.45. The number of hydrogen-bond acceptors (Lipinski definition) is 8. The normalized spacial score (nSPS) is 10.0. The Morgan fingerprint density at radius 3 is 1.19 bits per heavy atom. The maximum Gasteiger partial charge on any atom is 0.331 e. The van der Waals surface area contributed by atoms with Crippen molar-refractivity contribution < 1.29 is 38.1 Å². The summed E-state index contributed by atoms with van der Waals surface area (Å²) in [5.41, 5.74) is 0. The maximum atomic E-state index is 11.0. The molecule has 0 spiro atoms. The van der Waals surface area contributed by atoms with Crippen molar-refractivity contribution in [3.05, 3.63) is 24.3 Å². The minimum Gasteiger partial charge on any atom is -0.466 e. The molecule has 0 N–H and O–H groups in total. The monoisotopic (exact) mass is 372 g/mol. The van der Waals surface area contributed by atoms with Crippen molar-refractivity contribution in [2.24, 2.45) is 0 Å². The highest BCUT2D eigenvalue weighted by Crippen LogP contribution is 1.92. The molecule has 0 aromatic rings. The summed E-state index contributed by atoms with van der Waals surface area (Å²) < 4.78 is 18.1. The molecule has 0 heterocycles. The first-order chi connectivity index (χ1) is 12.4. The van der Waals surface area contributed by atoms with Gasteiger partial charge in [0.25, 0.3) is 0 Å². The predicted molar refractivity (Wildman–Crippen MR) is 94.0 cm³/mol. The molecule has 0 unspecified atom stereocenters. The summed E-state index contributed by atoms with van der Waals surface area (Å²) in [6.07, 6.45) is 7.79. The van der Waals surface area contributed by atoms with Gasteiger partial charge < -0.3 is 18.9 Å². The van der Waals surface area contributed by atoms with E-state index >= 15 is 0 Å². The lowest BCUT2D eigenvalue weighted by Crippen LogP contribution is -2.05. The molecule has 0 amide bonds. The van der Waals surface area contributed by atoms with Crippen LogP contribution in [-0.4, -0.2) is 51.3 Å². The van der Waals surface area contributed by atoms with Gasteiger partial charge in [-0.15, -0.1) is 0 Å². The Labute approximate surface area is 154 Å². The van der Waals surface area contributed by atoms with Crippen LogP contribution in [0.1, 0.15) is 39.5 Å². The van der Waals surface area contributed by atoms with Crippen LogP contribution in [0.4, 0.5) is 0 Å². The molecule has 0 aliphatic carbocycles. The van der Waals surface area contributed by atoms with E-state index < -0.39 is 23.9 Å². The van der Waals surface area contributed by atoms with Gasteiger partial charge in [-0.05, 0) is 12.8 Å². The molecule has 8 nitrogen and oxygen atoms in total. The van der Waals surface area contributed by atoms with Crippen LogP contribution in [0.25, 0.3) is 0 Å². The highest BCUT2D eigenvalue weighted by Gasteiger charge is 2.00. The van der Waals surface area contributed by atoms with Gasteiger partial charge in [0.1, 0.15) is 0 Å². The van der Waals surface area contributed by atoms with Crippen LogP contribution in [0.3, 0.4) is 0 Å². The average molecular weight is 372 g/mol. The summed E-state index contributed by atoms with van der Waals surface area (Å²) in [6.45, 7) is 4.80. The summed E-state index contributed by atoms with van der Waals surface area (Å²) in [6, 6.07) is 0. The Bertz CT molecular complexity index is 438. The number of ether oxygens (including phenoxy) is 4. The standard InChI is InChI=1S/C12H20O4.C6H8O4/c1-3-5-9-15-11(13)7-8-12(14)16-10-6-4-2;1-9-5(7)3-4-6(8)10-2/h7-8H,3-6,9-10H2,1-2H3;3-4H,1-2H3/b8-7-;4-3+. The van der Waals surface area contributed by atoms with Gasteiger partial charge in [-0.3, -0.25) is 0 Å². The first-order valence-corrected chi connectivity index (χ1v) is 8.26. The number of unbranched alkanes of at least 4 members (excludes halogenated alkanes) is 2. The van der Waals surface area contributed by atoms with Crippen LogP contribution in [-0.2, 0) is 38.1 Å². The van der Waals surface area contributed by atoms with Crippen molar-refractivity contribution in [2.45, 2.75) is 39.5 Å². The first kappa shape index (κ1) is 25.6. The van der Waals surface area contributed by atoms with Crippen molar-refractivity contribution in [3.63, 3.8) is 0 Å². The van der Waals surface area contributed by atoms with Gasteiger partial charge in [-0.25, -0.2) is 19.2 Å². The van der Waals surface area contributed by atoms with E-state index in [2.05, 4.69) is 9.47 Å². The van der Waals surface area contributed by atoms with Crippen molar-refractivity contribution in [2.75, 3.05) is 27.4 Å². The number of carbonyl (C=O) groups excluding carboxylic acids is 4. The van der Waals surface area contributed by atoms with Crippen LogP contribution in [0.2, 0.25) is 0 Å². The number of esters is 4. The zero-order chi connectivity index (χ0) is 20.2. The van der Waals surface area contributed by atoms with Crippen LogP contribution in [0.5, 0.6) is 0 Å². The van der Waals surface area contributed by atoms with Crippen molar-refractivity contribution in [1.82, 2.24) is 0 Å². The number of rotatable bonds is 10. The zero-order valence-corrected chi connectivity index (χ0v) is 15.8. The molecule has 0 aliphatic heterocycles. The van der Waals surface area contributed by atoms with E-state index in [4.69, 9.17) is 9.47 Å². The second-order valence-electron chi connectivity index (χ2n) is 4.76. The van der Waals surface area contributed by atoms with Gasteiger partial charge in [0, 0.05) is 24.3 Å². The van der Waals surface area contributed by atoms with Crippen molar-refractivity contribution >= 4 is 23.9 Å². The molecule has 0 bridgehead atoms. The molecule has 0 aromatic carbocycles. The second kappa shape index (κ2) is 18.7. The topological polar surface area (TPSA) is 105 Å². The number of hydrogen-bond donors (Lipinski definition) is 0. The lowest BCUT2D eigenvalue weighted by molar-refractivity contribution is -0.140. The first-order valence-electron chi connectivity index (χ1n) is 8.26. The quantitative estimate of drug-likeness (QED) is 0.248. The lowest BCUT2D eigenvalue weighted by atomic mass is 10.4. The minimum absolute atomic E-state index is 0.393. The molecule has 8 heteroatoms. The van der Waals surface area contributed by atoms with E-state index in [9.17, 15) is 19.2 Å². The van der Waals surface area contributed by atoms with Gasteiger partial charge in [0.15, 0.2) is 0 Å². The summed E-state index contributed by atoms with van der Waals surface area (Å²) in [5, 5.41) is 0. The highest BCUT2D eigenvalue weighted by atomic mass is 16.5. The van der Waals surface area contributed by atoms with E-state index in [1.54, 1.807) is 0 Å². The van der Waals surface area contributed by atoms with E-state index in [1.165, 1.54) is 14.2 Å². The number of methoxy groups -OCH3 is 2. The molecule has 0 fully saturated rings.